The highest BCUT2D eigenvalue weighted by Crippen LogP contribution is 2.29. The third kappa shape index (κ3) is 3.16. The fourth-order valence-electron chi connectivity index (χ4n) is 1.36. The van der Waals surface area contributed by atoms with Gasteiger partial charge in [-0.05, 0) is 24.4 Å². The third-order valence-electron chi connectivity index (χ3n) is 2.22. The van der Waals surface area contributed by atoms with Crippen LogP contribution in [0.25, 0.3) is 0 Å². The van der Waals surface area contributed by atoms with Gasteiger partial charge >= 0.3 is 0 Å². The van der Waals surface area contributed by atoms with Crippen molar-refractivity contribution in [1.29, 1.82) is 0 Å². The maximum atomic E-state index is 8.68. The first-order chi connectivity index (χ1) is 8.31. The minimum atomic E-state index is -0.0940. The molecule has 0 bridgehead atoms. The molecule has 0 unspecified atom stereocenters. The number of aliphatic hydroxyl groups excluding tert-OH is 1. The van der Waals surface area contributed by atoms with Gasteiger partial charge in [0, 0.05) is 21.1 Å². The number of hydrogen-bond donors (Lipinski definition) is 1. The van der Waals surface area contributed by atoms with Crippen molar-refractivity contribution in [1.82, 2.24) is 0 Å². The average molecular weight is 264 g/mol. The zero-order valence-electron chi connectivity index (χ0n) is 9.40. The van der Waals surface area contributed by atoms with Crippen molar-refractivity contribution in [2.75, 3.05) is 6.61 Å². The summed E-state index contributed by atoms with van der Waals surface area (Å²) in [6.45, 7) is 1.87. The number of hydrogen-bond acceptors (Lipinski definition) is 4. The first-order valence-corrected chi connectivity index (χ1v) is 7.01. The normalized spacial score (nSPS) is 10.0. The Kier molecular flexibility index (Phi) is 4.32. The van der Waals surface area contributed by atoms with Crippen molar-refractivity contribution in [3.8, 4) is 11.8 Å². The zero-order valence-corrected chi connectivity index (χ0v) is 11.0. The van der Waals surface area contributed by atoms with E-state index in [-0.39, 0.29) is 6.61 Å². The number of furan rings is 1. The molecule has 4 heteroatoms. The molecule has 0 aliphatic heterocycles. The van der Waals surface area contributed by atoms with E-state index in [9.17, 15) is 0 Å². The number of thiophene rings is 1. The number of thioether (sulfide) groups is 1. The summed E-state index contributed by atoms with van der Waals surface area (Å²) in [5.74, 6) is 7.48. The molecule has 1 N–H and O–H groups in total. The second kappa shape index (κ2) is 5.97. The monoisotopic (exact) mass is 264 g/mol. The van der Waals surface area contributed by atoms with Crippen LogP contribution in [0, 0.1) is 18.8 Å². The Balaban J connectivity index is 2.04. The van der Waals surface area contributed by atoms with Crippen molar-refractivity contribution in [3.05, 3.63) is 40.0 Å². The molecule has 2 nitrogen and oxygen atoms in total. The van der Waals surface area contributed by atoms with Crippen LogP contribution in [0.3, 0.4) is 0 Å². The van der Waals surface area contributed by atoms with E-state index >= 15 is 0 Å². The SMILES string of the molecule is Cc1occc1SCc1sccc1C#CCO. The Bertz CT molecular complexity index is 543. The van der Waals surface area contributed by atoms with Crippen LogP contribution in [0.4, 0.5) is 0 Å². The van der Waals surface area contributed by atoms with Crippen LogP contribution in [0.5, 0.6) is 0 Å². The Hall–Kier alpha value is -1.15. The minimum absolute atomic E-state index is 0.0940. The number of aliphatic hydroxyl groups is 1. The van der Waals surface area contributed by atoms with E-state index in [1.165, 1.54) is 9.77 Å². The summed E-state index contributed by atoms with van der Waals surface area (Å²) in [6.07, 6.45) is 1.71. The molecule has 2 rings (SSSR count). The molecule has 0 atom stereocenters. The lowest BCUT2D eigenvalue weighted by atomic mass is 10.3. The molecule has 17 heavy (non-hydrogen) atoms. The summed E-state index contributed by atoms with van der Waals surface area (Å²) in [7, 11) is 0. The molecule has 0 fully saturated rings. The predicted molar refractivity (Wildman–Crippen MR) is 71.3 cm³/mol. The summed E-state index contributed by atoms with van der Waals surface area (Å²) in [5, 5.41) is 10.7. The molecule has 0 amide bonds. The highest BCUT2D eigenvalue weighted by Gasteiger charge is 2.06. The maximum Gasteiger partial charge on any atom is 0.114 e. The lowest BCUT2D eigenvalue weighted by Gasteiger charge is -1.98. The molecule has 0 aliphatic carbocycles. The summed E-state index contributed by atoms with van der Waals surface area (Å²) in [4.78, 5) is 2.40. The van der Waals surface area contributed by atoms with Crippen molar-refractivity contribution >= 4 is 23.1 Å². The Morgan fingerprint density at radius 2 is 2.35 bits per heavy atom. The fourth-order valence-corrected chi connectivity index (χ4v) is 3.27. The lowest BCUT2D eigenvalue weighted by molar-refractivity contribution is 0.350. The van der Waals surface area contributed by atoms with Crippen LogP contribution in [0.1, 0.15) is 16.2 Å². The molecule has 2 heterocycles. The van der Waals surface area contributed by atoms with Gasteiger partial charge in [0.25, 0.3) is 0 Å². The van der Waals surface area contributed by atoms with Gasteiger partial charge in [-0.2, -0.15) is 0 Å². The standard InChI is InChI=1S/C13H12O2S2/c1-10-12(4-7-15-10)17-9-13-11(3-2-6-14)5-8-16-13/h4-5,7-8,14H,6,9H2,1H3. The minimum Gasteiger partial charge on any atom is -0.468 e. The molecule has 2 aromatic heterocycles. The Labute approximate surface area is 109 Å². The van der Waals surface area contributed by atoms with E-state index in [0.717, 1.165) is 17.1 Å². The van der Waals surface area contributed by atoms with Crippen molar-refractivity contribution in [2.24, 2.45) is 0 Å². The third-order valence-corrected chi connectivity index (χ3v) is 4.49. The van der Waals surface area contributed by atoms with E-state index in [4.69, 9.17) is 9.52 Å². The van der Waals surface area contributed by atoms with E-state index in [1.54, 1.807) is 29.4 Å². The molecule has 0 aromatic carbocycles. The summed E-state index contributed by atoms with van der Waals surface area (Å²) in [6, 6.07) is 3.97. The van der Waals surface area contributed by atoms with Gasteiger partial charge in [0.2, 0.25) is 0 Å². The highest BCUT2D eigenvalue weighted by atomic mass is 32.2. The van der Waals surface area contributed by atoms with Crippen LogP contribution >= 0.6 is 23.1 Å². The smallest absolute Gasteiger partial charge is 0.114 e. The molecular formula is C13H12O2S2. The average Bonchev–Trinajstić information content (AvgIpc) is 2.93. The van der Waals surface area contributed by atoms with Crippen molar-refractivity contribution < 1.29 is 9.52 Å². The molecule has 88 valence electrons. The maximum absolute atomic E-state index is 8.68. The van der Waals surface area contributed by atoms with Gasteiger partial charge in [-0.3, -0.25) is 0 Å². The van der Waals surface area contributed by atoms with Crippen molar-refractivity contribution in [3.63, 3.8) is 0 Å². The summed E-state index contributed by atoms with van der Waals surface area (Å²) < 4.78 is 5.25. The van der Waals surface area contributed by atoms with Crippen LogP contribution < -0.4 is 0 Å². The quantitative estimate of drug-likeness (QED) is 0.682. The van der Waals surface area contributed by atoms with Gasteiger partial charge in [0.15, 0.2) is 0 Å². The molecule has 0 radical (unpaired) electrons. The molecular weight excluding hydrogens is 252 g/mol. The largest absolute Gasteiger partial charge is 0.468 e. The highest BCUT2D eigenvalue weighted by molar-refractivity contribution is 7.98. The van der Waals surface area contributed by atoms with Gasteiger partial charge in [-0.25, -0.2) is 0 Å². The van der Waals surface area contributed by atoms with Crippen LogP contribution in [0.2, 0.25) is 0 Å². The van der Waals surface area contributed by atoms with E-state index in [2.05, 4.69) is 11.8 Å². The van der Waals surface area contributed by atoms with Crippen molar-refractivity contribution in [2.45, 2.75) is 17.6 Å². The first-order valence-electron chi connectivity index (χ1n) is 5.14. The molecule has 0 saturated heterocycles. The van der Waals surface area contributed by atoms with Gasteiger partial charge in [0.05, 0.1) is 6.26 Å². The molecule has 0 spiro atoms. The fraction of sp³-hybridized carbons (Fsp3) is 0.231. The second-order valence-electron chi connectivity index (χ2n) is 3.35. The van der Waals surface area contributed by atoms with Gasteiger partial charge < -0.3 is 9.52 Å². The second-order valence-corrected chi connectivity index (χ2v) is 5.36. The summed E-state index contributed by atoms with van der Waals surface area (Å²) in [5.41, 5.74) is 1.01. The first kappa shape index (κ1) is 12.3. The molecule has 0 saturated carbocycles. The topological polar surface area (TPSA) is 33.4 Å². The van der Waals surface area contributed by atoms with Crippen LogP contribution in [0.15, 0.2) is 33.1 Å². The van der Waals surface area contributed by atoms with E-state index in [1.807, 2.05) is 24.4 Å². The van der Waals surface area contributed by atoms with E-state index in [0.29, 0.717) is 0 Å². The van der Waals surface area contributed by atoms with Crippen LogP contribution in [-0.2, 0) is 5.75 Å². The van der Waals surface area contributed by atoms with Gasteiger partial charge in [-0.1, -0.05) is 11.8 Å². The van der Waals surface area contributed by atoms with Gasteiger partial charge in [-0.15, -0.1) is 23.1 Å². The molecule has 2 aromatic rings. The van der Waals surface area contributed by atoms with Gasteiger partial charge in [0.1, 0.15) is 12.4 Å². The van der Waals surface area contributed by atoms with E-state index < -0.39 is 0 Å². The Morgan fingerprint density at radius 3 is 3.06 bits per heavy atom. The molecule has 0 aliphatic rings. The zero-order chi connectivity index (χ0) is 12.1. The Morgan fingerprint density at radius 1 is 1.47 bits per heavy atom. The number of rotatable bonds is 3. The number of aryl methyl sites for hydroxylation is 1. The lowest BCUT2D eigenvalue weighted by Crippen LogP contribution is -1.81. The predicted octanol–water partition coefficient (Wildman–Crippen LogP) is 3.29. The summed E-state index contributed by atoms with van der Waals surface area (Å²) >= 11 is 3.44. The van der Waals surface area contributed by atoms with Crippen LogP contribution in [-0.4, -0.2) is 11.7 Å².